The molecule has 2 amide bonds. The van der Waals surface area contributed by atoms with Crippen molar-refractivity contribution in [3.63, 3.8) is 0 Å². The number of nitrogens with one attached hydrogen (secondary N) is 2. The minimum Gasteiger partial charge on any atom is -0.326 e. The van der Waals surface area contributed by atoms with Crippen LogP contribution < -0.4 is 15.6 Å². The zero-order chi connectivity index (χ0) is 18.8. The fraction of sp³-hybridized carbons (Fsp3) is 0.312. The van der Waals surface area contributed by atoms with Crippen LogP contribution in [0.15, 0.2) is 39.6 Å². The number of thiocarbonyl (C=S) groups is 1. The van der Waals surface area contributed by atoms with Crippen molar-refractivity contribution in [2.45, 2.75) is 19.0 Å². The van der Waals surface area contributed by atoms with Crippen LogP contribution in [0.25, 0.3) is 0 Å². The first-order valence-corrected chi connectivity index (χ1v) is 8.28. The third-order valence-corrected chi connectivity index (χ3v) is 4.71. The normalized spacial score (nSPS) is 17.1. The summed E-state index contributed by atoms with van der Waals surface area (Å²) in [7, 11) is 3.16. The quantitative estimate of drug-likeness (QED) is 0.551. The lowest BCUT2D eigenvalue weighted by atomic mass is 10.1. The molecule has 1 saturated heterocycles. The van der Waals surface area contributed by atoms with Crippen LogP contribution in [0.2, 0.25) is 0 Å². The number of carbonyl (C=O) groups excluding carboxylic acids is 2. The molecule has 0 bridgehead atoms. The third-order valence-electron chi connectivity index (χ3n) is 4.20. The largest absolute Gasteiger partial charge is 0.431 e. The Balaban J connectivity index is 1.78. The first kappa shape index (κ1) is 17.8. The molecule has 10 heteroatoms. The van der Waals surface area contributed by atoms with Crippen molar-refractivity contribution in [1.82, 2.24) is 15.1 Å². The van der Waals surface area contributed by atoms with Gasteiger partial charge in [0.15, 0.2) is 12.2 Å². The predicted molar refractivity (Wildman–Crippen MR) is 94.9 cm³/mol. The van der Waals surface area contributed by atoms with Gasteiger partial charge in [-0.2, -0.15) is 0 Å². The molecule has 0 aliphatic carbocycles. The zero-order valence-electron chi connectivity index (χ0n) is 14.3. The average molecular weight is 376 g/mol. The second kappa shape index (κ2) is 7.08. The van der Waals surface area contributed by atoms with Crippen molar-refractivity contribution in [1.29, 1.82) is 0 Å². The second-order valence-corrected chi connectivity index (χ2v) is 6.29. The highest BCUT2D eigenvalue weighted by molar-refractivity contribution is 7.80. The third kappa shape index (κ3) is 3.36. The van der Waals surface area contributed by atoms with Gasteiger partial charge in [0.2, 0.25) is 5.91 Å². The fourth-order valence-corrected chi connectivity index (χ4v) is 3.04. The molecule has 1 aromatic carbocycles. The molecule has 0 radical (unpaired) electrons. The fourth-order valence-electron chi connectivity index (χ4n) is 2.75. The molecule has 1 aliphatic rings. The van der Waals surface area contributed by atoms with E-state index < -0.39 is 11.7 Å². The number of H-pyrrole nitrogens is 1. The highest BCUT2D eigenvalue weighted by Gasteiger charge is 2.43. The Morgan fingerprint density at radius 2 is 2.04 bits per heavy atom. The molecule has 9 nitrogen and oxygen atoms in total. The van der Waals surface area contributed by atoms with Crippen LogP contribution in [0.3, 0.4) is 0 Å². The number of para-hydroxylation sites is 1. The highest BCUT2D eigenvalue weighted by Crippen LogP contribution is 2.21. The van der Waals surface area contributed by atoms with Gasteiger partial charge in [0.25, 0.3) is 5.91 Å². The summed E-state index contributed by atoms with van der Waals surface area (Å²) in [5, 5.41) is 5.43. The summed E-state index contributed by atoms with van der Waals surface area (Å²) in [4.78, 5) is 39.5. The number of aromatic amines is 1. The minimum atomic E-state index is -0.787. The van der Waals surface area contributed by atoms with Gasteiger partial charge in [0.05, 0.1) is 6.42 Å². The monoisotopic (exact) mass is 376 g/mol. The number of aromatic nitrogens is 2. The van der Waals surface area contributed by atoms with Crippen LogP contribution in [-0.2, 0) is 23.2 Å². The van der Waals surface area contributed by atoms with Crippen molar-refractivity contribution >= 4 is 34.8 Å². The van der Waals surface area contributed by atoms with E-state index in [1.165, 1.54) is 9.58 Å². The molecule has 3 rings (SSSR count). The van der Waals surface area contributed by atoms with Crippen molar-refractivity contribution in [3.8, 4) is 0 Å². The molecule has 0 saturated carbocycles. The molecule has 1 unspecified atom stereocenters. The van der Waals surface area contributed by atoms with Crippen LogP contribution >= 0.6 is 12.2 Å². The first-order chi connectivity index (χ1) is 12.4. The molecular formula is C16H18N5O4S+. The summed E-state index contributed by atoms with van der Waals surface area (Å²) < 4.78 is 6.14. The number of anilines is 1. The predicted octanol–water partition coefficient (Wildman–Crippen LogP) is -0.251. The number of rotatable bonds is 5. The minimum absolute atomic E-state index is 0.0561. The molecule has 1 atom stereocenters. The van der Waals surface area contributed by atoms with Crippen LogP contribution in [0, 0.1) is 0 Å². The van der Waals surface area contributed by atoms with E-state index in [9.17, 15) is 14.4 Å². The van der Waals surface area contributed by atoms with E-state index >= 15 is 0 Å². The molecule has 1 aliphatic heterocycles. The smallest absolute Gasteiger partial charge is 0.326 e. The molecule has 26 heavy (non-hydrogen) atoms. The van der Waals surface area contributed by atoms with Gasteiger partial charge in [-0.15, -0.1) is 0 Å². The number of likely N-dealkylation sites (N-methyl/N-ethyl adjacent to an activating group) is 1. The number of carbonyl (C=O) groups is 2. The maximum absolute atomic E-state index is 12.5. The standard InChI is InChI=1S/C16H17N5O4S/c1-19-14(23)11(8-13(22)17-10-6-4-3-5-7-10)21(16(19)26)9-12-15(24)25-18-20(12)2/h3-7,11H,8-9H2,1-2H3,(H-,17,18,22,24)/p+1. The second-order valence-electron chi connectivity index (χ2n) is 5.93. The average Bonchev–Trinajstić information content (AvgIpc) is 3.03. The van der Waals surface area contributed by atoms with Gasteiger partial charge in [-0.25, -0.2) is 4.79 Å². The van der Waals surface area contributed by atoms with Gasteiger partial charge < -0.3 is 10.2 Å². The highest BCUT2D eigenvalue weighted by atomic mass is 32.1. The van der Waals surface area contributed by atoms with Gasteiger partial charge >= 0.3 is 11.3 Å². The number of amides is 2. The molecule has 0 spiro atoms. The number of nitrogens with zero attached hydrogens (tertiary/aromatic N) is 3. The van der Waals surface area contributed by atoms with E-state index in [1.807, 2.05) is 6.07 Å². The van der Waals surface area contributed by atoms with E-state index in [2.05, 4.69) is 10.6 Å². The number of hydrogen-bond donors (Lipinski definition) is 2. The van der Waals surface area contributed by atoms with Crippen LogP contribution in [0.4, 0.5) is 5.69 Å². The Morgan fingerprint density at radius 3 is 2.65 bits per heavy atom. The molecule has 1 fully saturated rings. The molecule has 136 valence electrons. The van der Waals surface area contributed by atoms with E-state index in [1.54, 1.807) is 43.3 Å². The van der Waals surface area contributed by atoms with Gasteiger partial charge in [0.1, 0.15) is 12.6 Å². The topological polar surface area (TPSA) is 103 Å². The molecule has 2 aromatic rings. The summed E-state index contributed by atoms with van der Waals surface area (Å²) in [6.45, 7) is 0.0561. The zero-order valence-corrected chi connectivity index (χ0v) is 15.1. The summed E-state index contributed by atoms with van der Waals surface area (Å²) in [6.07, 6.45) is -0.0856. The lowest BCUT2D eigenvalue weighted by Gasteiger charge is -2.20. The van der Waals surface area contributed by atoms with E-state index in [4.69, 9.17) is 16.7 Å². The summed E-state index contributed by atoms with van der Waals surface area (Å²) in [5.74, 6) is -0.607. The Morgan fingerprint density at radius 1 is 1.35 bits per heavy atom. The number of aryl methyl sites for hydroxylation is 1. The van der Waals surface area contributed by atoms with Crippen LogP contribution in [0.5, 0.6) is 0 Å². The summed E-state index contributed by atoms with van der Waals surface area (Å²) >= 11 is 5.31. The van der Waals surface area contributed by atoms with Gasteiger partial charge in [-0.1, -0.05) is 22.9 Å². The van der Waals surface area contributed by atoms with Gasteiger partial charge in [0, 0.05) is 12.7 Å². The maximum Gasteiger partial charge on any atom is 0.431 e. The van der Waals surface area contributed by atoms with Crippen LogP contribution in [-0.4, -0.2) is 45.1 Å². The van der Waals surface area contributed by atoms with E-state index in [0.29, 0.717) is 11.4 Å². The van der Waals surface area contributed by atoms with Gasteiger partial charge in [-0.05, 0) is 29.6 Å². The van der Waals surface area contributed by atoms with Crippen molar-refractivity contribution in [3.05, 3.63) is 46.4 Å². The van der Waals surface area contributed by atoms with E-state index in [0.717, 1.165) is 0 Å². The van der Waals surface area contributed by atoms with Crippen molar-refractivity contribution < 1.29 is 18.8 Å². The lowest BCUT2D eigenvalue weighted by Crippen LogP contribution is -2.44. The summed E-state index contributed by atoms with van der Waals surface area (Å²) in [6, 6.07) is 8.17. The Labute approximate surface area is 154 Å². The summed E-state index contributed by atoms with van der Waals surface area (Å²) in [5.41, 5.74) is 0.386. The first-order valence-electron chi connectivity index (χ1n) is 7.88. The Kier molecular flexibility index (Phi) is 4.85. The molecular weight excluding hydrogens is 358 g/mol. The van der Waals surface area contributed by atoms with Crippen molar-refractivity contribution in [2.24, 2.45) is 7.05 Å². The van der Waals surface area contributed by atoms with Crippen molar-refractivity contribution in [2.75, 3.05) is 12.4 Å². The number of benzene rings is 1. The van der Waals surface area contributed by atoms with Gasteiger partial charge in [-0.3, -0.25) is 19.0 Å². The van der Waals surface area contributed by atoms with E-state index in [-0.39, 0.29) is 29.9 Å². The van der Waals surface area contributed by atoms with Crippen LogP contribution in [0.1, 0.15) is 12.1 Å². The Hall–Kier alpha value is -3.01. The Bertz CT molecular complexity index is 907. The molecule has 2 N–H and O–H groups in total. The lowest BCUT2D eigenvalue weighted by molar-refractivity contribution is -0.746. The maximum atomic E-state index is 12.5. The number of hydrogen-bond acceptors (Lipinski definition) is 5. The SMILES string of the molecule is CN1C(=O)C(CC(=O)Nc2ccccc2)N(Cc2c(=O)o[nH][n+]2C)C1=S. The molecule has 2 heterocycles. The molecule has 1 aromatic heterocycles.